The summed E-state index contributed by atoms with van der Waals surface area (Å²) in [6, 6.07) is 11.5. The first-order valence-electron chi connectivity index (χ1n) is 12.6. The molecule has 0 amide bonds. The molecule has 0 atom stereocenters. The smallest absolute Gasteiger partial charge is 0.256 e. The van der Waals surface area contributed by atoms with E-state index in [9.17, 15) is 18.7 Å². The van der Waals surface area contributed by atoms with Gasteiger partial charge in [-0.05, 0) is 56.7 Å². The van der Waals surface area contributed by atoms with Crippen LogP contribution in [0.1, 0.15) is 31.4 Å². The fourth-order valence-corrected chi connectivity index (χ4v) is 4.57. The maximum Gasteiger partial charge on any atom is 0.256 e. The monoisotopic (exact) mass is 519 g/mol. The molecule has 4 aromatic rings. The third-order valence-corrected chi connectivity index (χ3v) is 6.64. The van der Waals surface area contributed by atoms with Crippen LogP contribution in [0, 0.1) is 18.6 Å². The number of benzene rings is 2. The molecule has 0 spiro atoms. The topological polar surface area (TPSA) is 83.3 Å². The van der Waals surface area contributed by atoms with Gasteiger partial charge in [0.2, 0.25) is 5.95 Å². The summed E-state index contributed by atoms with van der Waals surface area (Å²) < 4.78 is 30.7. The van der Waals surface area contributed by atoms with E-state index in [1.54, 1.807) is 18.2 Å². The van der Waals surface area contributed by atoms with Gasteiger partial charge in [-0.2, -0.15) is 4.98 Å². The molecule has 0 saturated heterocycles. The first kappa shape index (κ1) is 26.9. The minimum Gasteiger partial charge on any atom is -0.508 e. The highest BCUT2D eigenvalue weighted by Crippen LogP contribution is 2.33. The highest BCUT2D eigenvalue weighted by molar-refractivity contribution is 5.93. The number of aliphatic hydroxyl groups excluding tert-OH is 1. The Hall–Kier alpha value is -4.11. The average molecular weight is 520 g/mol. The van der Waals surface area contributed by atoms with Crippen molar-refractivity contribution in [3.05, 3.63) is 88.2 Å². The number of rotatable bonds is 10. The Bertz CT molecular complexity index is 1530. The summed E-state index contributed by atoms with van der Waals surface area (Å²) in [6.45, 7) is 13.0. The SMILES string of the molecule is C=C(O)c1cccc(-c2nc(NCCCN(CC)CC)nc3c2ccc(=O)n3-c2c(F)cccc2F)c1C. The van der Waals surface area contributed by atoms with E-state index in [4.69, 9.17) is 4.98 Å². The molecule has 0 aliphatic rings. The van der Waals surface area contributed by atoms with Gasteiger partial charge in [-0.1, -0.05) is 44.7 Å². The molecule has 4 rings (SSSR count). The lowest BCUT2D eigenvalue weighted by Gasteiger charge is -2.18. The van der Waals surface area contributed by atoms with Gasteiger partial charge in [0.1, 0.15) is 23.1 Å². The molecule has 2 heterocycles. The van der Waals surface area contributed by atoms with Gasteiger partial charge in [-0.25, -0.2) is 13.8 Å². The summed E-state index contributed by atoms with van der Waals surface area (Å²) in [6.07, 6.45) is 0.820. The molecule has 0 aliphatic carbocycles. The molecule has 0 bridgehead atoms. The Morgan fingerprint density at radius 2 is 1.74 bits per heavy atom. The van der Waals surface area contributed by atoms with Crippen molar-refractivity contribution in [2.45, 2.75) is 27.2 Å². The number of fused-ring (bicyclic) bond motifs is 1. The fourth-order valence-electron chi connectivity index (χ4n) is 4.57. The molecule has 0 radical (unpaired) electrons. The predicted octanol–water partition coefficient (Wildman–Crippen LogP) is 5.71. The number of para-hydroxylation sites is 1. The zero-order valence-electron chi connectivity index (χ0n) is 21.8. The molecule has 38 heavy (non-hydrogen) atoms. The van der Waals surface area contributed by atoms with Crippen LogP contribution in [0.2, 0.25) is 0 Å². The Labute approximate surface area is 220 Å². The number of aliphatic hydroxyl groups is 1. The summed E-state index contributed by atoms with van der Waals surface area (Å²) in [5.41, 5.74) is 1.29. The van der Waals surface area contributed by atoms with Gasteiger partial charge in [-0.3, -0.25) is 9.36 Å². The molecular formula is C29H31F2N5O2. The highest BCUT2D eigenvalue weighted by atomic mass is 19.1. The Balaban J connectivity index is 1.94. The zero-order valence-corrected chi connectivity index (χ0v) is 21.8. The van der Waals surface area contributed by atoms with E-state index in [0.29, 0.717) is 34.3 Å². The van der Waals surface area contributed by atoms with Crippen molar-refractivity contribution >= 4 is 22.7 Å². The quantitative estimate of drug-likeness (QED) is 0.206. The van der Waals surface area contributed by atoms with Crippen LogP contribution in [0.3, 0.4) is 0 Å². The third-order valence-electron chi connectivity index (χ3n) is 6.64. The number of aromatic nitrogens is 3. The number of hydrogen-bond acceptors (Lipinski definition) is 6. The van der Waals surface area contributed by atoms with Crippen molar-refractivity contribution in [1.82, 2.24) is 19.4 Å². The summed E-state index contributed by atoms with van der Waals surface area (Å²) in [5.74, 6) is -1.65. The van der Waals surface area contributed by atoms with Crippen LogP contribution in [-0.2, 0) is 0 Å². The van der Waals surface area contributed by atoms with Gasteiger partial charge in [0.05, 0.1) is 5.69 Å². The predicted molar refractivity (Wildman–Crippen MR) is 148 cm³/mol. The molecule has 2 aromatic heterocycles. The number of halogens is 2. The van der Waals surface area contributed by atoms with Gasteiger partial charge < -0.3 is 15.3 Å². The van der Waals surface area contributed by atoms with E-state index in [2.05, 4.69) is 35.6 Å². The zero-order chi connectivity index (χ0) is 27.4. The van der Waals surface area contributed by atoms with Crippen molar-refractivity contribution < 1.29 is 13.9 Å². The molecule has 0 fully saturated rings. The number of hydrogen-bond donors (Lipinski definition) is 2. The van der Waals surface area contributed by atoms with Gasteiger partial charge >= 0.3 is 0 Å². The lowest BCUT2D eigenvalue weighted by molar-refractivity contribution is 0.303. The molecule has 7 nitrogen and oxygen atoms in total. The van der Waals surface area contributed by atoms with Crippen molar-refractivity contribution in [1.29, 1.82) is 0 Å². The second-order valence-electron chi connectivity index (χ2n) is 8.94. The van der Waals surface area contributed by atoms with Gasteiger partial charge in [0, 0.05) is 29.1 Å². The number of nitrogens with zero attached hydrogens (tertiary/aromatic N) is 4. The van der Waals surface area contributed by atoms with Crippen molar-refractivity contribution in [2.24, 2.45) is 0 Å². The average Bonchev–Trinajstić information content (AvgIpc) is 2.89. The fraction of sp³-hybridized carbons (Fsp3) is 0.276. The summed E-state index contributed by atoms with van der Waals surface area (Å²) >= 11 is 0. The molecule has 0 aliphatic heterocycles. The van der Waals surface area contributed by atoms with Gasteiger partial charge in [0.25, 0.3) is 5.56 Å². The van der Waals surface area contributed by atoms with Crippen LogP contribution in [0.4, 0.5) is 14.7 Å². The van der Waals surface area contributed by atoms with E-state index >= 15 is 0 Å². The van der Waals surface area contributed by atoms with Crippen molar-refractivity contribution in [3.8, 4) is 16.9 Å². The minimum absolute atomic E-state index is 0.0605. The Kier molecular flexibility index (Phi) is 8.16. The summed E-state index contributed by atoms with van der Waals surface area (Å²) in [7, 11) is 0. The maximum atomic E-state index is 14.9. The van der Waals surface area contributed by atoms with E-state index in [1.807, 2.05) is 13.0 Å². The van der Waals surface area contributed by atoms with Crippen LogP contribution in [0.5, 0.6) is 0 Å². The third kappa shape index (κ3) is 5.28. The van der Waals surface area contributed by atoms with E-state index in [1.165, 1.54) is 12.1 Å². The lowest BCUT2D eigenvalue weighted by Crippen LogP contribution is -2.25. The van der Waals surface area contributed by atoms with Crippen LogP contribution >= 0.6 is 0 Å². The standard InChI is InChI=1S/C29H31F2N5O2/c1-5-35(6-2)17-9-16-32-29-33-26(21-11-7-10-20(18(21)3)19(4)37)22-14-15-25(38)36(28(22)34-29)27-23(30)12-8-13-24(27)31/h7-8,10-15,37H,4-6,9,16-17H2,1-3H3,(H,32,33,34). The molecule has 2 aromatic carbocycles. The molecular weight excluding hydrogens is 488 g/mol. The number of nitrogens with one attached hydrogen (secondary N) is 1. The summed E-state index contributed by atoms with van der Waals surface area (Å²) in [4.78, 5) is 24.6. The van der Waals surface area contributed by atoms with Crippen molar-refractivity contribution in [3.63, 3.8) is 0 Å². The first-order chi connectivity index (χ1) is 18.3. The highest BCUT2D eigenvalue weighted by Gasteiger charge is 2.21. The maximum absolute atomic E-state index is 14.9. The summed E-state index contributed by atoms with van der Waals surface area (Å²) in [5, 5.41) is 13.7. The van der Waals surface area contributed by atoms with Crippen LogP contribution in [0.25, 0.3) is 33.7 Å². The van der Waals surface area contributed by atoms with Crippen LogP contribution < -0.4 is 10.9 Å². The van der Waals surface area contributed by atoms with E-state index in [-0.39, 0.29) is 17.4 Å². The molecule has 0 unspecified atom stereocenters. The van der Waals surface area contributed by atoms with Crippen LogP contribution in [-0.4, -0.2) is 50.7 Å². The van der Waals surface area contributed by atoms with E-state index < -0.39 is 22.9 Å². The second-order valence-corrected chi connectivity index (χ2v) is 8.94. The van der Waals surface area contributed by atoms with Gasteiger partial charge in [0.15, 0.2) is 5.65 Å². The number of anilines is 1. The Morgan fingerprint density at radius 3 is 2.39 bits per heavy atom. The number of pyridine rings is 1. The van der Waals surface area contributed by atoms with Gasteiger partial charge in [-0.15, -0.1) is 0 Å². The normalized spacial score (nSPS) is 11.3. The van der Waals surface area contributed by atoms with Crippen LogP contribution in [0.15, 0.2) is 59.9 Å². The first-order valence-corrected chi connectivity index (χ1v) is 12.6. The lowest BCUT2D eigenvalue weighted by atomic mass is 9.97. The molecule has 198 valence electrons. The molecule has 9 heteroatoms. The Morgan fingerprint density at radius 1 is 1.05 bits per heavy atom. The molecule has 0 saturated carbocycles. The van der Waals surface area contributed by atoms with E-state index in [0.717, 1.165) is 42.8 Å². The molecule has 2 N–H and O–H groups in total. The largest absolute Gasteiger partial charge is 0.508 e. The minimum atomic E-state index is -0.886. The second kappa shape index (κ2) is 11.5. The van der Waals surface area contributed by atoms with Crippen molar-refractivity contribution in [2.75, 3.05) is 31.5 Å².